The molecule has 1 aromatic heterocycles. The van der Waals surface area contributed by atoms with Crippen molar-refractivity contribution in [3.63, 3.8) is 0 Å². The SMILES string of the molecule is CS(=O)(=O)N(CCCC(=O)NCc1cccnc1)c1cccc(C(F)(F)F)c1. The first-order valence-corrected chi connectivity index (χ1v) is 10.2. The smallest absolute Gasteiger partial charge is 0.352 e. The van der Waals surface area contributed by atoms with E-state index in [4.69, 9.17) is 0 Å². The molecule has 1 N–H and O–H groups in total. The summed E-state index contributed by atoms with van der Waals surface area (Å²) in [5.41, 5.74) is -0.210. The van der Waals surface area contributed by atoms with Crippen molar-refractivity contribution in [1.82, 2.24) is 10.3 Å². The molecule has 0 fully saturated rings. The second-order valence-corrected chi connectivity index (χ2v) is 8.03. The van der Waals surface area contributed by atoms with E-state index in [0.29, 0.717) is 0 Å². The number of nitrogens with one attached hydrogen (secondary N) is 1. The van der Waals surface area contributed by atoms with Gasteiger partial charge in [-0.15, -0.1) is 0 Å². The van der Waals surface area contributed by atoms with Crippen LogP contribution >= 0.6 is 0 Å². The quantitative estimate of drug-likeness (QED) is 0.719. The molecule has 0 aliphatic carbocycles. The third-order valence-electron chi connectivity index (χ3n) is 3.84. The van der Waals surface area contributed by atoms with Gasteiger partial charge in [0.15, 0.2) is 0 Å². The van der Waals surface area contributed by atoms with Crippen LogP contribution < -0.4 is 9.62 Å². The summed E-state index contributed by atoms with van der Waals surface area (Å²) in [6.45, 7) is 0.177. The number of nitrogens with zero attached hydrogens (tertiary/aromatic N) is 2. The van der Waals surface area contributed by atoms with Crippen molar-refractivity contribution in [2.24, 2.45) is 0 Å². The Labute approximate surface area is 161 Å². The molecule has 6 nitrogen and oxygen atoms in total. The van der Waals surface area contributed by atoms with Crippen LogP contribution in [0.1, 0.15) is 24.0 Å². The van der Waals surface area contributed by atoms with Gasteiger partial charge < -0.3 is 5.32 Å². The first-order valence-electron chi connectivity index (χ1n) is 8.38. The Balaban J connectivity index is 1.97. The van der Waals surface area contributed by atoms with Crippen LogP contribution in [0.5, 0.6) is 0 Å². The maximum absolute atomic E-state index is 12.9. The lowest BCUT2D eigenvalue weighted by molar-refractivity contribution is -0.137. The van der Waals surface area contributed by atoms with Gasteiger partial charge in [0, 0.05) is 31.9 Å². The minimum Gasteiger partial charge on any atom is -0.352 e. The number of aromatic nitrogens is 1. The van der Waals surface area contributed by atoms with Crippen molar-refractivity contribution in [2.45, 2.75) is 25.6 Å². The van der Waals surface area contributed by atoms with Crippen molar-refractivity contribution in [3.8, 4) is 0 Å². The molecular formula is C18H20F3N3O3S. The topological polar surface area (TPSA) is 79.4 Å². The highest BCUT2D eigenvalue weighted by Crippen LogP contribution is 2.32. The minimum absolute atomic E-state index is 0.0330. The number of amides is 1. The first-order chi connectivity index (χ1) is 13.1. The van der Waals surface area contributed by atoms with E-state index in [0.717, 1.165) is 34.3 Å². The van der Waals surface area contributed by atoms with E-state index < -0.39 is 21.8 Å². The molecule has 0 radical (unpaired) electrons. The number of rotatable bonds is 8. The Bertz CT molecular complexity index is 903. The number of benzene rings is 1. The Hall–Kier alpha value is -2.62. The third kappa shape index (κ3) is 6.52. The summed E-state index contributed by atoms with van der Waals surface area (Å²) in [5.74, 6) is -0.290. The zero-order chi connectivity index (χ0) is 20.8. The number of carbonyl (C=O) groups is 1. The molecule has 1 aromatic carbocycles. The summed E-state index contributed by atoms with van der Waals surface area (Å²) in [7, 11) is -3.81. The van der Waals surface area contributed by atoms with E-state index in [1.165, 1.54) is 6.07 Å². The lowest BCUT2D eigenvalue weighted by atomic mass is 10.2. The van der Waals surface area contributed by atoms with Gasteiger partial charge in [0.25, 0.3) is 0 Å². The summed E-state index contributed by atoms with van der Waals surface area (Å²) >= 11 is 0. The van der Waals surface area contributed by atoms with E-state index in [1.807, 2.05) is 0 Å². The average Bonchev–Trinajstić information content (AvgIpc) is 2.63. The van der Waals surface area contributed by atoms with Gasteiger partial charge in [0.05, 0.1) is 17.5 Å². The monoisotopic (exact) mass is 415 g/mol. The number of alkyl halides is 3. The Morgan fingerprint density at radius 1 is 1.21 bits per heavy atom. The second kappa shape index (κ2) is 9.05. The molecule has 1 heterocycles. The van der Waals surface area contributed by atoms with Crippen LogP contribution in [-0.4, -0.2) is 32.1 Å². The zero-order valence-corrected chi connectivity index (χ0v) is 15.9. The fourth-order valence-electron chi connectivity index (χ4n) is 2.50. The summed E-state index contributed by atoms with van der Waals surface area (Å²) in [6, 6.07) is 7.63. The molecule has 0 saturated carbocycles. The van der Waals surface area contributed by atoms with Gasteiger partial charge in [0.1, 0.15) is 0 Å². The van der Waals surface area contributed by atoms with Crippen molar-refractivity contribution in [2.75, 3.05) is 17.1 Å². The van der Waals surface area contributed by atoms with E-state index in [-0.39, 0.29) is 37.5 Å². The average molecular weight is 415 g/mol. The van der Waals surface area contributed by atoms with E-state index in [2.05, 4.69) is 10.3 Å². The van der Waals surface area contributed by atoms with Crippen LogP contribution in [0.15, 0.2) is 48.8 Å². The molecule has 10 heteroatoms. The molecule has 0 bridgehead atoms. The molecule has 0 spiro atoms. The van der Waals surface area contributed by atoms with Crippen LogP contribution in [0.25, 0.3) is 0 Å². The number of pyridine rings is 1. The molecule has 2 aromatic rings. The van der Waals surface area contributed by atoms with Crippen molar-refractivity contribution >= 4 is 21.6 Å². The van der Waals surface area contributed by atoms with Gasteiger partial charge >= 0.3 is 6.18 Å². The number of hydrogen-bond acceptors (Lipinski definition) is 4. The second-order valence-electron chi connectivity index (χ2n) is 6.12. The first kappa shape index (κ1) is 21.7. The Morgan fingerprint density at radius 3 is 2.57 bits per heavy atom. The molecule has 152 valence electrons. The van der Waals surface area contributed by atoms with Crippen LogP contribution in [0.3, 0.4) is 0 Å². The zero-order valence-electron chi connectivity index (χ0n) is 15.1. The normalized spacial score (nSPS) is 11.9. The minimum atomic E-state index is -4.58. The number of carbonyl (C=O) groups excluding carboxylic acids is 1. The van der Waals surface area contributed by atoms with E-state index in [9.17, 15) is 26.4 Å². The molecule has 0 unspecified atom stereocenters. The van der Waals surface area contributed by atoms with Gasteiger partial charge in [-0.2, -0.15) is 13.2 Å². The van der Waals surface area contributed by atoms with E-state index in [1.54, 1.807) is 24.5 Å². The van der Waals surface area contributed by atoms with Crippen LogP contribution in [-0.2, 0) is 27.5 Å². The number of hydrogen-bond donors (Lipinski definition) is 1. The predicted molar refractivity (Wildman–Crippen MR) is 99.0 cm³/mol. The fourth-order valence-corrected chi connectivity index (χ4v) is 3.46. The third-order valence-corrected chi connectivity index (χ3v) is 5.03. The van der Waals surface area contributed by atoms with E-state index >= 15 is 0 Å². The molecular weight excluding hydrogens is 395 g/mol. The van der Waals surface area contributed by atoms with Crippen molar-refractivity contribution < 1.29 is 26.4 Å². The Kier molecular flexibility index (Phi) is 7.00. The maximum atomic E-state index is 12.9. The highest BCUT2D eigenvalue weighted by molar-refractivity contribution is 7.92. The number of anilines is 1. The molecule has 1 amide bonds. The summed E-state index contributed by atoms with van der Waals surface area (Å²) in [6.07, 6.45) is -0.257. The summed E-state index contributed by atoms with van der Waals surface area (Å²) in [4.78, 5) is 15.8. The largest absolute Gasteiger partial charge is 0.416 e. The summed E-state index contributed by atoms with van der Waals surface area (Å²) in [5, 5.41) is 2.68. The molecule has 0 aliphatic rings. The molecule has 0 atom stereocenters. The van der Waals surface area contributed by atoms with Gasteiger partial charge in [-0.25, -0.2) is 8.42 Å². The Morgan fingerprint density at radius 2 is 1.96 bits per heavy atom. The van der Waals surface area contributed by atoms with Crippen molar-refractivity contribution in [3.05, 3.63) is 59.9 Å². The lowest BCUT2D eigenvalue weighted by Gasteiger charge is -2.23. The van der Waals surface area contributed by atoms with Crippen LogP contribution in [0, 0.1) is 0 Å². The van der Waals surface area contributed by atoms with Crippen molar-refractivity contribution in [1.29, 1.82) is 0 Å². The number of sulfonamides is 1. The standard InChI is InChI=1S/C18H20F3N3O3S/c1-28(26,27)24(16-7-2-6-15(11-16)18(19,20)21)10-4-8-17(25)23-13-14-5-3-9-22-12-14/h2-3,5-7,9,11-12H,4,8,10,13H2,1H3,(H,23,25). The fraction of sp³-hybridized carbons (Fsp3) is 0.333. The summed E-state index contributed by atoms with van der Waals surface area (Å²) < 4.78 is 63.6. The highest BCUT2D eigenvalue weighted by Gasteiger charge is 2.31. The van der Waals surface area contributed by atoms with Crippen LogP contribution in [0.2, 0.25) is 0 Å². The van der Waals surface area contributed by atoms with Gasteiger partial charge in [-0.05, 0) is 36.2 Å². The van der Waals surface area contributed by atoms with Crippen LogP contribution in [0.4, 0.5) is 18.9 Å². The maximum Gasteiger partial charge on any atom is 0.416 e. The molecule has 0 aliphatic heterocycles. The molecule has 0 saturated heterocycles. The predicted octanol–water partition coefficient (Wildman–Crippen LogP) is 2.96. The lowest BCUT2D eigenvalue weighted by Crippen LogP contribution is -2.32. The molecule has 28 heavy (non-hydrogen) atoms. The van der Waals surface area contributed by atoms with Gasteiger partial charge in [0.2, 0.25) is 15.9 Å². The van der Waals surface area contributed by atoms with Gasteiger partial charge in [-0.3, -0.25) is 14.1 Å². The molecule has 2 rings (SSSR count). The highest BCUT2D eigenvalue weighted by atomic mass is 32.2. The van der Waals surface area contributed by atoms with Gasteiger partial charge in [-0.1, -0.05) is 12.1 Å². The number of halogens is 3.